The second kappa shape index (κ2) is 22.1. The molecule has 0 bridgehead atoms. The van der Waals surface area contributed by atoms with Crippen molar-refractivity contribution in [3.63, 3.8) is 0 Å². The van der Waals surface area contributed by atoms with Gasteiger partial charge < -0.3 is 48.1 Å². The standard InChI is InChI=1S/C34H50N8O10/c1-18(2)14-23(33(50)39-21(6)32(49)42-29(19(3)4)30(35)47)41-31(48)20(5)38-26(44)13-12-25(43)36-16-27(45)37-17-28(46)40-24(34(51)52)15-22-10-8-7-9-11-22/h7-13,18-21,23-24,29H,14-17H2,1-6H3,(H2,35,47)(H,36,43)(H,37,45)(H,38,44)(H,39,50)(H,40,46)(H,41,48)(H,42,49)(H,51,52)/b13-12+/t20-,21-,23-,24-,29-/m0/s1. The number of amides is 8. The number of hydrogen-bond donors (Lipinski definition) is 9. The van der Waals surface area contributed by atoms with Gasteiger partial charge in [0.2, 0.25) is 47.3 Å². The summed E-state index contributed by atoms with van der Waals surface area (Å²) in [6, 6.07) is 3.17. The van der Waals surface area contributed by atoms with E-state index in [2.05, 4.69) is 37.2 Å². The van der Waals surface area contributed by atoms with E-state index in [1.807, 2.05) is 13.8 Å². The van der Waals surface area contributed by atoms with E-state index in [4.69, 9.17) is 5.73 Å². The molecule has 52 heavy (non-hydrogen) atoms. The molecule has 10 N–H and O–H groups in total. The maximum atomic E-state index is 13.0. The third-order valence-corrected chi connectivity index (χ3v) is 7.29. The van der Waals surface area contributed by atoms with Gasteiger partial charge in [-0.2, -0.15) is 0 Å². The van der Waals surface area contributed by atoms with Gasteiger partial charge in [0.05, 0.1) is 13.1 Å². The van der Waals surface area contributed by atoms with Gasteiger partial charge in [-0.3, -0.25) is 38.4 Å². The highest BCUT2D eigenvalue weighted by Gasteiger charge is 2.29. The molecule has 1 aromatic carbocycles. The van der Waals surface area contributed by atoms with Crippen molar-refractivity contribution in [2.75, 3.05) is 13.1 Å². The number of carbonyl (C=O) groups excluding carboxylic acids is 8. The Kier molecular flexibility index (Phi) is 18.8. The largest absolute Gasteiger partial charge is 0.480 e. The fraction of sp³-hybridized carbons (Fsp3) is 0.500. The summed E-state index contributed by atoms with van der Waals surface area (Å²) in [7, 11) is 0. The number of primary amides is 1. The first-order valence-corrected chi connectivity index (χ1v) is 16.6. The predicted octanol–water partition coefficient (Wildman–Crippen LogP) is -2.25. The number of carboxylic acids is 1. The average Bonchev–Trinajstić information content (AvgIpc) is 3.06. The molecule has 0 aromatic heterocycles. The molecule has 0 saturated carbocycles. The molecule has 18 nitrogen and oxygen atoms in total. The molecule has 286 valence electrons. The van der Waals surface area contributed by atoms with Crippen LogP contribution in [0.2, 0.25) is 0 Å². The lowest BCUT2D eigenvalue weighted by Gasteiger charge is -2.25. The summed E-state index contributed by atoms with van der Waals surface area (Å²) in [6.07, 6.45) is 1.85. The lowest BCUT2D eigenvalue weighted by atomic mass is 10.0. The predicted molar refractivity (Wildman–Crippen MR) is 187 cm³/mol. The van der Waals surface area contributed by atoms with E-state index in [-0.39, 0.29) is 24.7 Å². The van der Waals surface area contributed by atoms with E-state index in [0.29, 0.717) is 5.56 Å². The molecule has 0 aliphatic carbocycles. The zero-order valence-corrected chi connectivity index (χ0v) is 30.1. The molecule has 5 atom stereocenters. The number of benzene rings is 1. The highest BCUT2D eigenvalue weighted by Crippen LogP contribution is 2.07. The maximum Gasteiger partial charge on any atom is 0.326 e. The Balaban J connectivity index is 2.57. The number of carboxylic acid groups (broad SMARTS) is 1. The van der Waals surface area contributed by atoms with E-state index in [0.717, 1.165) is 12.2 Å². The molecule has 1 rings (SSSR count). The molecule has 18 heteroatoms. The van der Waals surface area contributed by atoms with Crippen LogP contribution in [0.3, 0.4) is 0 Å². The number of nitrogens with one attached hydrogen (secondary N) is 7. The third kappa shape index (κ3) is 17.2. The molecule has 0 aliphatic heterocycles. The highest BCUT2D eigenvalue weighted by molar-refractivity contribution is 6.00. The van der Waals surface area contributed by atoms with Gasteiger partial charge in [-0.25, -0.2) is 4.79 Å². The molecule has 0 aliphatic rings. The summed E-state index contributed by atoms with van der Waals surface area (Å²) >= 11 is 0. The number of aliphatic carboxylic acids is 1. The van der Waals surface area contributed by atoms with Crippen LogP contribution >= 0.6 is 0 Å². The Morgan fingerprint density at radius 2 is 1.21 bits per heavy atom. The first-order chi connectivity index (χ1) is 24.3. The van der Waals surface area contributed by atoms with Crippen LogP contribution in [0, 0.1) is 11.8 Å². The van der Waals surface area contributed by atoms with Crippen LogP contribution in [-0.4, -0.2) is 102 Å². The Hall–Kier alpha value is -5.81. The normalized spacial score (nSPS) is 13.8. The second-order valence-electron chi connectivity index (χ2n) is 12.8. The van der Waals surface area contributed by atoms with Crippen molar-refractivity contribution in [1.82, 2.24) is 37.2 Å². The lowest BCUT2D eigenvalue weighted by Crippen LogP contribution is -2.57. The zero-order chi connectivity index (χ0) is 39.5. The van der Waals surface area contributed by atoms with Crippen molar-refractivity contribution in [3.8, 4) is 0 Å². The van der Waals surface area contributed by atoms with Gasteiger partial charge in [-0.1, -0.05) is 58.0 Å². The smallest absolute Gasteiger partial charge is 0.326 e. The van der Waals surface area contributed by atoms with Crippen molar-refractivity contribution in [3.05, 3.63) is 48.0 Å². The Bertz CT molecular complexity index is 1480. The first-order valence-electron chi connectivity index (χ1n) is 16.6. The van der Waals surface area contributed by atoms with E-state index in [1.165, 1.54) is 13.8 Å². The van der Waals surface area contributed by atoms with Crippen molar-refractivity contribution < 1.29 is 48.3 Å². The van der Waals surface area contributed by atoms with E-state index < -0.39 is 96.5 Å². The lowest BCUT2D eigenvalue weighted by molar-refractivity contribution is -0.141. The fourth-order valence-electron chi connectivity index (χ4n) is 4.47. The summed E-state index contributed by atoms with van der Waals surface area (Å²) in [4.78, 5) is 110. The Labute approximate surface area is 301 Å². The fourth-order valence-corrected chi connectivity index (χ4v) is 4.47. The van der Waals surface area contributed by atoms with Crippen molar-refractivity contribution in [1.29, 1.82) is 0 Å². The molecular formula is C34H50N8O10. The number of hydrogen-bond acceptors (Lipinski definition) is 9. The minimum atomic E-state index is -1.25. The topological polar surface area (TPSA) is 284 Å². The van der Waals surface area contributed by atoms with Crippen LogP contribution in [0.15, 0.2) is 42.5 Å². The van der Waals surface area contributed by atoms with Gasteiger partial charge >= 0.3 is 5.97 Å². The summed E-state index contributed by atoms with van der Waals surface area (Å²) < 4.78 is 0. The zero-order valence-electron chi connectivity index (χ0n) is 30.1. The summed E-state index contributed by atoms with van der Waals surface area (Å²) in [5, 5.41) is 26.1. The van der Waals surface area contributed by atoms with Crippen LogP contribution in [0.25, 0.3) is 0 Å². The summed E-state index contributed by atoms with van der Waals surface area (Å²) in [5.41, 5.74) is 6.03. The van der Waals surface area contributed by atoms with Gasteiger partial charge in [0.15, 0.2) is 0 Å². The maximum absolute atomic E-state index is 13.0. The van der Waals surface area contributed by atoms with Gasteiger partial charge in [0.25, 0.3) is 0 Å². The molecule has 0 unspecified atom stereocenters. The van der Waals surface area contributed by atoms with Crippen LogP contribution in [0.4, 0.5) is 0 Å². The third-order valence-electron chi connectivity index (χ3n) is 7.29. The van der Waals surface area contributed by atoms with Crippen LogP contribution < -0.4 is 43.0 Å². The number of carbonyl (C=O) groups is 9. The van der Waals surface area contributed by atoms with Gasteiger partial charge in [0.1, 0.15) is 30.2 Å². The second-order valence-corrected chi connectivity index (χ2v) is 12.8. The van der Waals surface area contributed by atoms with Gasteiger partial charge in [0, 0.05) is 18.6 Å². The summed E-state index contributed by atoms with van der Waals surface area (Å²) in [6.45, 7) is 8.66. The van der Waals surface area contributed by atoms with Gasteiger partial charge in [-0.15, -0.1) is 0 Å². The van der Waals surface area contributed by atoms with Crippen LogP contribution in [-0.2, 0) is 49.6 Å². The van der Waals surface area contributed by atoms with Gasteiger partial charge in [-0.05, 0) is 37.7 Å². The quantitative estimate of drug-likeness (QED) is 0.0613. The first kappa shape index (κ1) is 44.2. The van der Waals surface area contributed by atoms with Crippen molar-refractivity contribution in [2.45, 2.75) is 84.6 Å². The molecule has 8 amide bonds. The summed E-state index contributed by atoms with van der Waals surface area (Å²) in [5.74, 6) is -7.57. The molecule has 1 aromatic rings. The average molecular weight is 731 g/mol. The number of nitrogens with two attached hydrogens (primary N) is 1. The molecule has 0 fully saturated rings. The van der Waals surface area contributed by atoms with Crippen molar-refractivity contribution in [2.24, 2.45) is 17.6 Å². The minimum Gasteiger partial charge on any atom is -0.480 e. The van der Waals surface area contributed by atoms with E-state index >= 15 is 0 Å². The highest BCUT2D eigenvalue weighted by atomic mass is 16.4. The Morgan fingerprint density at radius 3 is 1.77 bits per heavy atom. The number of rotatable bonds is 21. The van der Waals surface area contributed by atoms with E-state index in [9.17, 15) is 48.3 Å². The molecule has 0 saturated heterocycles. The minimum absolute atomic E-state index is 0.0343. The van der Waals surface area contributed by atoms with Crippen LogP contribution in [0.5, 0.6) is 0 Å². The molecular weight excluding hydrogens is 680 g/mol. The monoisotopic (exact) mass is 730 g/mol. The molecule has 0 heterocycles. The SMILES string of the molecule is CC(C)C[C@H](NC(=O)[C@H](C)NC(=O)/C=C/C(=O)NCC(=O)NCC(=O)N[C@@H](Cc1ccccc1)C(=O)O)C(=O)N[C@@H](C)C(=O)N[C@H](C(N)=O)C(C)C. The Morgan fingerprint density at radius 1 is 0.654 bits per heavy atom. The molecule has 0 spiro atoms. The van der Waals surface area contributed by atoms with Crippen molar-refractivity contribution >= 4 is 53.2 Å². The van der Waals surface area contributed by atoms with E-state index in [1.54, 1.807) is 44.2 Å². The van der Waals surface area contributed by atoms with Crippen LogP contribution in [0.1, 0.15) is 53.5 Å². The molecule has 0 radical (unpaired) electrons.